The second-order valence-corrected chi connectivity index (χ2v) is 5.27. The van der Waals surface area contributed by atoms with Gasteiger partial charge >= 0.3 is 0 Å². The molecule has 0 radical (unpaired) electrons. The summed E-state index contributed by atoms with van der Waals surface area (Å²) in [6.45, 7) is 6.37. The SMILES string of the molecule is CC1=NC(C)S/C(C)=C\CS1. The number of hydrogen-bond acceptors (Lipinski definition) is 3. The first kappa shape index (κ1) is 9.20. The molecule has 62 valence electrons. The van der Waals surface area contributed by atoms with Crippen LogP contribution in [0.2, 0.25) is 0 Å². The Morgan fingerprint density at radius 1 is 1.55 bits per heavy atom. The van der Waals surface area contributed by atoms with Crippen molar-refractivity contribution in [1.29, 1.82) is 0 Å². The molecular formula is C8H13NS2. The molecule has 0 N–H and O–H groups in total. The van der Waals surface area contributed by atoms with Gasteiger partial charge in [0.2, 0.25) is 0 Å². The summed E-state index contributed by atoms with van der Waals surface area (Å²) in [6.07, 6.45) is 2.27. The summed E-state index contributed by atoms with van der Waals surface area (Å²) in [5.41, 5.74) is 0. The lowest BCUT2D eigenvalue weighted by Gasteiger charge is -2.11. The Hall–Kier alpha value is 0.110. The Morgan fingerprint density at radius 3 is 3.00 bits per heavy atom. The average molecular weight is 187 g/mol. The standard InChI is InChI=1S/C8H13NS2/c1-6-4-5-10-7(2)9-8(3)11-6/h4,8H,5H2,1-3H3/b6-4-,9-7?. The highest BCUT2D eigenvalue weighted by molar-refractivity contribution is 8.14. The van der Waals surface area contributed by atoms with Crippen molar-refractivity contribution < 1.29 is 0 Å². The van der Waals surface area contributed by atoms with E-state index in [0.717, 1.165) is 5.75 Å². The summed E-state index contributed by atoms with van der Waals surface area (Å²) in [6, 6.07) is 0. The van der Waals surface area contributed by atoms with E-state index in [1.54, 1.807) is 0 Å². The van der Waals surface area contributed by atoms with Crippen molar-refractivity contribution in [1.82, 2.24) is 0 Å². The lowest BCUT2D eigenvalue weighted by molar-refractivity contribution is 1.05. The highest BCUT2D eigenvalue weighted by Gasteiger charge is 2.04. The first-order valence-electron chi connectivity index (χ1n) is 3.69. The fraction of sp³-hybridized carbons (Fsp3) is 0.625. The van der Waals surface area contributed by atoms with Crippen LogP contribution in [0.25, 0.3) is 0 Å². The molecule has 3 heteroatoms. The van der Waals surface area contributed by atoms with Crippen LogP contribution in [-0.2, 0) is 0 Å². The van der Waals surface area contributed by atoms with Crippen molar-refractivity contribution in [3.8, 4) is 0 Å². The van der Waals surface area contributed by atoms with Gasteiger partial charge in [0, 0.05) is 5.75 Å². The zero-order chi connectivity index (χ0) is 8.27. The van der Waals surface area contributed by atoms with E-state index in [2.05, 4.69) is 31.8 Å². The molecule has 0 fully saturated rings. The van der Waals surface area contributed by atoms with Gasteiger partial charge in [0.05, 0.1) is 10.4 Å². The van der Waals surface area contributed by atoms with E-state index in [-0.39, 0.29) is 0 Å². The van der Waals surface area contributed by atoms with Crippen LogP contribution in [0.4, 0.5) is 0 Å². The third kappa shape index (κ3) is 3.34. The molecule has 0 aromatic heterocycles. The molecule has 1 aliphatic rings. The van der Waals surface area contributed by atoms with E-state index in [4.69, 9.17) is 0 Å². The van der Waals surface area contributed by atoms with Crippen molar-refractivity contribution in [2.45, 2.75) is 26.1 Å². The second-order valence-electron chi connectivity index (χ2n) is 2.49. The number of allylic oxidation sites excluding steroid dienone is 1. The molecule has 0 spiro atoms. The summed E-state index contributed by atoms with van der Waals surface area (Å²) >= 11 is 3.66. The smallest absolute Gasteiger partial charge is 0.0975 e. The van der Waals surface area contributed by atoms with E-state index < -0.39 is 0 Å². The summed E-state index contributed by atoms with van der Waals surface area (Å²) in [5.74, 6) is 1.07. The molecule has 0 aromatic carbocycles. The second kappa shape index (κ2) is 4.21. The van der Waals surface area contributed by atoms with Crippen LogP contribution < -0.4 is 0 Å². The van der Waals surface area contributed by atoms with Crippen LogP contribution in [0, 0.1) is 0 Å². The third-order valence-corrected chi connectivity index (χ3v) is 3.22. The van der Waals surface area contributed by atoms with Crippen LogP contribution >= 0.6 is 23.5 Å². The van der Waals surface area contributed by atoms with Crippen LogP contribution in [0.5, 0.6) is 0 Å². The van der Waals surface area contributed by atoms with Gasteiger partial charge in [0.1, 0.15) is 0 Å². The summed E-state index contributed by atoms with van der Waals surface area (Å²) in [7, 11) is 0. The van der Waals surface area contributed by atoms with Crippen LogP contribution in [0.3, 0.4) is 0 Å². The first-order chi connectivity index (χ1) is 5.18. The molecule has 0 bridgehead atoms. The zero-order valence-corrected chi connectivity index (χ0v) is 8.76. The summed E-state index contributed by atoms with van der Waals surface area (Å²) < 4.78 is 0. The Labute approximate surface area is 76.7 Å². The van der Waals surface area contributed by atoms with E-state index in [0.29, 0.717) is 5.37 Å². The van der Waals surface area contributed by atoms with Crippen LogP contribution in [0.15, 0.2) is 16.0 Å². The maximum Gasteiger partial charge on any atom is 0.0975 e. The first-order valence-corrected chi connectivity index (χ1v) is 5.55. The van der Waals surface area contributed by atoms with Gasteiger partial charge in [-0.15, -0.1) is 23.5 Å². The van der Waals surface area contributed by atoms with Crippen LogP contribution in [0.1, 0.15) is 20.8 Å². The molecular weight excluding hydrogens is 174 g/mol. The Balaban J connectivity index is 2.62. The molecule has 1 atom stereocenters. The van der Waals surface area contributed by atoms with Crippen LogP contribution in [-0.4, -0.2) is 16.2 Å². The van der Waals surface area contributed by atoms with Gasteiger partial charge in [0.25, 0.3) is 0 Å². The molecule has 0 aliphatic carbocycles. The van der Waals surface area contributed by atoms with Gasteiger partial charge in [-0.05, 0) is 25.7 Å². The van der Waals surface area contributed by atoms with E-state index in [1.165, 1.54) is 9.95 Å². The molecule has 0 aromatic rings. The number of rotatable bonds is 0. The average Bonchev–Trinajstić information content (AvgIpc) is 1.83. The predicted molar refractivity (Wildman–Crippen MR) is 56.4 cm³/mol. The predicted octanol–water partition coefficient (Wildman–Crippen LogP) is 3.13. The van der Waals surface area contributed by atoms with E-state index >= 15 is 0 Å². The van der Waals surface area contributed by atoms with Crippen molar-refractivity contribution >= 4 is 28.6 Å². The minimum absolute atomic E-state index is 0.388. The van der Waals surface area contributed by atoms with Gasteiger partial charge in [-0.2, -0.15) is 0 Å². The van der Waals surface area contributed by atoms with Crippen molar-refractivity contribution in [3.05, 3.63) is 11.0 Å². The highest BCUT2D eigenvalue weighted by Crippen LogP contribution is 2.25. The van der Waals surface area contributed by atoms with Crippen molar-refractivity contribution in [2.75, 3.05) is 5.75 Å². The van der Waals surface area contributed by atoms with Crippen molar-refractivity contribution in [3.63, 3.8) is 0 Å². The summed E-state index contributed by atoms with van der Waals surface area (Å²) in [5, 5.41) is 1.59. The number of nitrogens with zero attached hydrogens (tertiary/aromatic N) is 1. The molecule has 1 heterocycles. The lowest BCUT2D eigenvalue weighted by atomic mass is 10.6. The minimum atomic E-state index is 0.388. The Bertz CT molecular complexity index is 196. The number of aliphatic imine (C=N–C) groups is 1. The number of thioether (sulfide) groups is 2. The van der Waals surface area contributed by atoms with E-state index in [1.807, 2.05) is 23.5 Å². The van der Waals surface area contributed by atoms with Gasteiger partial charge < -0.3 is 0 Å². The summed E-state index contributed by atoms with van der Waals surface area (Å²) in [4.78, 5) is 5.88. The molecule has 1 rings (SSSR count). The molecule has 1 unspecified atom stereocenters. The molecule has 0 saturated heterocycles. The molecule has 0 amide bonds. The number of hydrogen-bond donors (Lipinski definition) is 0. The highest BCUT2D eigenvalue weighted by atomic mass is 32.2. The molecule has 1 aliphatic heterocycles. The Morgan fingerprint density at radius 2 is 2.27 bits per heavy atom. The lowest BCUT2D eigenvalue weighted by Crippen LogP contribution is -1.98. The van der Waals surface area contributed by atoms with Gasteiger partial charge in [-0.25, -0.2) is 0 Å². The monoisotopic (exact) mass is 187 g/mol. The van der Waals surface area contributed by atoms with E-state index in [9.17, 15) is 0 Å². The third-order valence-electron chi connectivity index (χ3n) is 1.38. The fourth-order valence-corrected chi connectivity index (χ4v) is 2.82. The Kier molecular flexibility index (Phi) is 3.52. The maximum absolute atomic E-state index is 4.49. The normalized spacial score (nSPS) is 31.4. The topological polar surface area (TPSA) is 12.4 Å². The largest absolute Gasteiger partial charge is 0.269 e. The minimum Gasteiger partial charge on any atom is -0.269 e. The van der Waals surface area contributed by atoms with Crippen molar-refractivity contribution in [2.24, 2.45) is 4.99 Å². The molecule has 0 saturated carbocycles. The molecule has 11 heavy (non-hydrogen) atoms. The van der Waals surface area contributed by atoms with Gasteiger partial charge in [0.15, 0.2) is 0 Å². The molecule has 1 nitrogen and oxygen atoms in total. The van der Waals surface area contributed by atoms with Gasteiger partial charge in [-0.1, -0.05) is 6.08 Å². The fourth-order valence-electron chi connectivity index (χ4n) is 0.916. The maximum atomic E-state index is 4.49. The quantitative estimate of drug-likeness (QED) is 0.577. The van der Waals surface area contributed by atoms with Gasteiger partial charge in [-0.3, -0.25) is 4.99 Å². The zero-order valence-electron chi connectivity index (χ0n) is 7.13.